The minimum atomic E-state index is -0.699. The summed E-state index contributed by atoms with van der Waals surface area (Å²) in [7, 11) is 0. The molecule has 0 unspecified atom stereocenters. The van der Waals surface area contributed by atoms with Gasteiger partial charge in [-0.3, -0.25) is 14.2 Å². The van der Waals surface area contributed by atoms with Crippen LogP contribution in [0.1, 0.15) is 42.1 Å². The molecule has 0 radical (unpaired) electrons. The van der Waals surface area contributed by atoms with Gasteiger partial charge in [-0.15, -0.1) is 0 Å². The summed E-state index contributed by atoms with van der Waals surface area (Å²) in [5.41, 5.74) is 4.32. The van der Waals surface area contributed by atoms with E-state index < -0.39 is 6.04 Å². The van der Waals surface area contributed by atoms with Crippen LogP contribution in [0.5, 0.6) is 11.5 Å². The number of nitrogens with one attached hydrogen (secondary N) is 1. The zero-order chi connectivity index (χ0) is 33.8. The topological polar surface area (TPSA) is 106 Å². The number of para-hydroxylation sites is 1. The number of nitrogens with zero attached hydrogens (tertiary/aromatic N) is 3. The molecule has 0 bridgehead atoms. The van der Waals surface area contributed by atoms with Gasteiger partial charge in [0.2, 0.25) is 0 Å². The molecule has 240 valence electrons. The van der Waals surface area contributed by atoms with E-state index in [0.717, 1.165) is 23.8 Å². The molecule has 0 aliphatic carbocycles. The third-order valence-corrected chi connectivity index (χ3v) is 10.2. The molecule has 1 aromatic heterocycles. The molecule has 48 heavy (non-hydrogen) atoms. The fourth-order valence-electron chi connectivity index (χ4n) is 5.42. The summed E-state index contributed by atoms with van der Waals surface area (Å²) >= 11 is 5.74. The van der Waals surface area contributed by atoms with Gasteiger partial charge < -0.3 is 14.8 Å². The fourth-order valence-corrected chi connectivity index (χ4v) is 8.59. The van der Waals surface area contributed by atoms with E-state index in [4.69, 9.17) is 14.5 Å². The molecule has 1 N–H and O–H groups in total. The number of anilines is 1. The number of hydrogen-bond acceptors (Lipinski definition) is 7. The number of amides is 1. The Balaban J connectivity index is 1.39. The number of halogens is 2. The van der Waals surface area contributed by atoms with Gasteiger partial charge in [0.15, 0.2) is 4.80 Å². The maximum atomic E-state index is 14.2. The lowest BCUT2D eigenvalue weighted by molar-refractivity contribution is -0.113. The highest BCUT2D eigenvalue weighted by Gasteiger charge is 2.32. The number of aromatic nitrogens is 1. The number of rotatable bonds is 9. The second kappa shape index (κ2) is 14.9. The van der Waals surface area contributed by atoms with Crippen molar-refractivity contribution >= 4 is 74.2 Å². The van der Waals surface area contributed by atoms with Crippen LogP contribution in [-0.2, 0) is 11.4 Å². The lowest BCUT2D eigenvalue weighted by atomic mass is 9.95. The molecule has 6 rings (SSSR count). The first-order chi connectivity index (χ1) is 23.3. The molecule has 0 fully saturated rings. The molecule has 0 saturated heterocycles. The van der Waals surface area contributed by atoms with Crippen LogP contribution in [0, 0.1) is 18.5 Å². The second-order valence-corrected chi connectivity index (χ2v) is 14.1. The SMILES string of the molecule is CCOc1ccc([C@@H]2C(C(=O)Nc3ccccc3)=C(C)N=c3s/c(=C\c4cc(I)c(OCc5ccccc5C#N)c(I)c4)c(=O)n32)cc1. The number of benzene rings is 4. The molecular formula is C37H28I2N4O4S. The van der Waals surface area contributed by atoms with Gasteiger partial charge in [-0.2, -0.15) is 5.26 Å². The Morgan fingerprint density at radius 1 is 1.02 bits per heavy atom. The van der Waals surface area contributed by atoms with Gasteiger partial charge in [-0.05, 0) is 119 Å². The second-order valence-electron chi connectivity index (χ2n) is 10.8. The molecule has 4 aromatic carbocycles. The van der Waals surface area contributed by atoms with E-state index in [9.17, 15) is 14.9 Å². The molecule has 1 aliphatic rings. The van der Waals surface area contributed by atoms with E-state index in [2.05, 4.69) is 56.6 Å². The van der Waals surface area contributed by atoms with Crippen LogP contribution in [0.15, 0.2) is 112 Å². The third kappa shape index (κ3) is 7.11. The zero-order valence-corrected chi connectivity index (χ0v) is 31.0. The molecule has 0 saturated carbocycles. The summed E-state index contributed by atoms with van der Waals surface area (Å²) in [6, 6.07) is 29.5. The van der Waals surface area contributed by atoms with E-state index in [0.29, 0.717) is 50.0 Å². The Morgan fingerprint density at radius 2 is 1.71 bits per heavy atom. The maximum absolute atomic E-state index is 14.2. The van der Waals surface area contributed by atoms with Gasteiger partial charge in [0.25, 0.3) is 11.5 Å². The molecule has 1 amide bonds. The van der Waals surface area contributed by atoms with Gasteiger partial charge in [-0.25, -0.2) is 4.99 Å². The molecule has 5 aromatic rings. The van der Waals surface area contributed by atoms with Gasteiger partial charge in [0, 0.05) is 11.3 Å². The summed E-state index contributed by atoms with van der Waals surface area (Å²) in [5, 5.41) is 12.4. The Labute approximate surface area is 308 Å². The summed E-state index contributed by atoms with van der Waals surface area (Å²) < 4.78 is 15.7. The smallest absolute Gasteiger partial charge is 0.271 e. The van der Waals surface area contributed by atoms with E-state index in [-0.39, 0.29) is 18.1 Å². The van der Waals surface area contributed by atoms with Crippen molar-refractivity contribution in [1.29, 1.82) is 5.26 Å². The lowest BCUT2D eigenvalue weighted by Gasteiger charge is -2.25. The Hall–Kier alpha value is -4.26. The van der Waals surface area contributed by atoms with Crippen molar-refractivity contribution in [3.63, 3.8) is 0 Å². The predicted molar refractivity (Wildman–Crippen MR) is 204 cm³/mol. The highest BCUT2D eigenvalue weighted by Crippen LogP contribution is 2.33. The van der Waals surface area contributed by atoms with E-state index in [1.165, 1.54) is 11.3 Å². The number of carbonyl (C=O) groups excluding carboxylic acids is 1. The Kier molecular flexibility index (Phi) is 10.4. The molecule has 11 heteroatoms. The average Bonchev–Trinajstić information content (AvgIpc) is 3.38. The predicted octanol–water partition coefficient (Wildman–Crippen LogP) is 6.93. The molecular weight excluding hydrogens is 850 g/mol. The Morgan fingerprint density at radius 3 is 2.40 bits per heavy atom. The molecule has 8 nitrogen and oxygen atoms in total. The minimum Gasteiger partial charge on any atom is -0.494 e. The summed E-state index contributed by atoms with van der Waals surface area (Å²) in [4.78, 5) is 33.3. The Bertz CT molecular complexity index is 2250. The standard InChI is InChI=1S/C37H28I2N4O4S/c1-3-46-28-15-13-24(14-16-28)33-32(35(44)42-27-11-5-4-6-12-27)22(2)41-37-43(33)36(45)31(48-37)19-23-17-29(38)34(30(39)18-23)47-21-26-10-8-7-9-25(26)20-40/h4-19,33H,3,21H2,1-2H3,(H,42,44)/b31-19-/t33-/m1/s1. The number of fused-ring (bicyclic) bond motifs is 1. The van der Waals surface area contributed by atoms with Crippen LogP contribution in [0.3, 0.4) is 0 Å². The monoisotopic (exact) mass is 878 g/mol. The first kappa shape index (κ1) is 33.6. The van der Waals surface area contributed by atoms with Gasteiger partial charge in [-0.1, -0.05) is 59.9 Å². The van der Waals surface area contributed by atoms with Crippen molar-refractivity contribution in [3.8, 4) is 17.6 Å². The van der Waals surface area contributed by atoms with E-state index >= 15 is 0 Å². The van der Waals surface area contributed by atoms with E-state index in [1.54, 1.807) is 17.6 Å². The number of ether oxygens (including phenoxy) is 2. The normalized spacial score (nSPS) is 14.1. The van der Waals surface area contributed by atoms with Gasteiger partial charge >= 0.3 is 0 Å². The fraction of sp³-hybridized carbons (Fsp3) is 0.135. The highest BCUT2D eigenvalue weighted by atomic mass is 127. The van der Waals surface area contributed by atoms with Crippen LogP contribution in [-0.4, -0.2) is 17.1 Å². The number of thiazole rings is 1. The van der Waals surface area contributed by atoms with Crippen LogP contribution in [0.25, 0.3) is 6.08 Å². The van der Waals surface area contributed by atoms with Gasteiger partial charge in [0.1, 0.15) is 18.1 Å². The van der Waals surface area contributed by atoms with Crippen LogP contribution < -0.4 is 29.7 Å². The minimum absolute atomic E-state index is 0.242. The van der Waals surface area contributed by atoms with Gasteiger partial charge in [0.05, 0.1) is 47.2 Å². The first-order valence-electron chi connectivity index (χ1n) is 15.0. The molecule has 0 spiro atoms. The van der Waals surface area contributed by atoms with Crippen molar-refractivity contribution in [2.75, 3.05) is 11.9 Å². The van der Waals surface area contributed by atoms with Crippen molar-refractivity contribution in [3.05, 3.63) is 151 Å². The van der Waals surface area contributed by atoms with Crippen molar-refractivity contribution in [2.45, 2.75) is 26.5 Å². The number of hydrogen-bond donors (Lipinski definition) is 1. The molecule has 2 heterocycles. The number of nitriles is 1. The van der Waals surface area contributed by atoms with E-state index in [1.807, 2.05) is 97.9 Å². The van der Waals surface area contributed by atoms with Crippen molar-refractivity contribution in [1.82, 2.24) is 4.57 Å². The first-order valence-corrected chi connectivity index (χ1v) is 18.0. The average molecular weight is 879 g/mol. The van der Waals surface area contributed by atoms with Crippen LogP contribution >= 0.6 is 56.5 Å². The summed E-state index contributed by atoms with van der Waals surface area (Å²) in [5.74, 6) is 1.09. The molecule has 1 aliphatic heterocycles. The lowest BCUT2D eigenvalue weighted by Crippen LogP contribution is -2.40. The zero-order valence-electron chi connectivity index (χ0n) is 25.9. The number of allylic oxidation sites excluding steroid dienone is 1. The van der Waals surface area contributed by atoms with Crippen molar-refractivity contribution in [2.24, 2.45) is 4.99 Å². The molecule has 1 atom stereocenters. The van der Waals surface area contributed by atoms with Crippen LogP contribution in [0.2, 0.25) is 0 Å². The number of carbonyl (C=O) groups is 1. The summed E-state index contributed by atoms with van der Waals surface area (Å²) in [6.45, 7) is 4.51. The maximum Gasteiger partial charge on any atom is 0.271 e. The largest absolute Gasteiger partial charge is 0.494 e. The third-order valence-electron chi connectivity index (χ3n) is 7.63. The van der Waals surface area contributed by atoms with Crippen molar-refractivity contribution < 1.29 is 14.3 Å². The quantitative estimate of drug-likeness (QED) is 0.162. The summed E-state index contributed by atoms with van der Waals surface area (Å²) in [6.07, 6.45) is 1.85. The van der Waals surface area contributed by atoms with Crippen LogP contribution in [0.4, 0.5) is 5.69 Å². The highest BCUT2D eigenvalue weighted by molar-refractivity contribution is 14.1.